The van der Waals surface area contributed by atoms with Crippen molar-refractivity contribution in [3.05, 3.63) is 28.8 Å². The fraction of sp³-hybridized carbons (Fsp3) is 0.526. The molecule has 0 spiro atoms. The Bertz CT molecular complexity index is 637. The number of nitrogens with two attached hydrogens (primary N) is 1. The minimum absolute atomic E-state index is 0.232. The average Bonchev–Trinajstić information content (AvgIpc) is 2.58. The molecule has 0 heterocycles. The van der Waals surface area contributed by atoms with Crippen molar-refractivity contribution in [3.8, 4) is 0 Å². The third kappa shape index (κ3) is 9.05. The maximum atomic E-state index is 10.9. The van der Waals surface area contributed by atoms with Crippen molar-refractivity contribution in [1.82, 2.24) is 0 Å². The molecule has 0 radical (unpaired) electrons. The van der Waals surface area contributed by atoms with E-state index in [-0.39, 0.29) is 13.2 Å². The van der Waals surface area contributed by atoms with E-state index in [9.17, 15) is 14.4 Å². The normalized spacial score (nSPS) is 12.1. The quantitative estimate of drug-likeness (QED) is 0.610. The molecule has 1 aromatic carbocycles. The maximum Gasteiger partial charge on any atom is 0.347 e. The summed E-state index contributed by atoms with van der Waals surface area (Å²) in [6.45, 7) is 10.8. The van der Waals surface area contributed by atoms with Gasteiger partial charge in [0.05, 0.1) is 13.2 Å². The summed E-state index contributed by atoms with van der Waals surface area (Å²) in [6, 6.07) is 3.53. The van der Waals surface area contributed by atoms with Crippen molar-refractivity contribution in [2.45, 2.75) is 53.7 Å². The van der Waals surface area contributed by atoms with E-state index < -0.39 is 30.1 Å². The highest BCUT2D eigenvalue weighted by Gasteiger charge is 2.17. The first-order valence-electron chi connectivity index (χ1n) is 8.66. The highest BCUT2D eigenvalue weighted by Crippen LogP contribution is 2.22. The van der Waals surface area contributed by atoms with Crippen molar-refractivity contribution < 1.29 is 29.0 Å². The van der Waals surface area contributed by atoms with Crippen LogP contribution in [-0.2, 0) is 23.9 Å². The number of nitrogens with one attached hydrogen (secondary N) is 1. The van der Waals surface area contributed by atoms with Gasteiger partial charge in [0.2, 0.25) is 0 Å². The van der Waals surface area contributed by atoms with Crippen LogP contribution >= 0.6 is 0 Å². The molecule has 0 fully saturated rings. The summed E-state index contributed by atoms with van der Waals surface area (Å²) in [5.41, 5.74) is 9.26. The smallest absolute Gasteiger partial charge is 0.347 e. The maximum absolute atomic E-state index is 10.9. The van der Waals surface area contributed by atoms with Gasteiger partial charge >= 0.3 is 17.9 Å². The molecule has 8 heteroatoms. The largest absolute Gasteiger partial charge is 0.480 e. The molecule has 1 aromatic rings. The summed E-state index contributed by atoms with van der Waals surface area (Å²) in [4.78, 5) is 32.2. The first-order valence-corrected chi connectivity index (χ1v) is 8.66. The molecule has 27 heavy (non-hydrogen) atoms. The van der Waals surface area contributed by atoms with E-state index in [1.807, 2.05) is 32.9 Å². The molecule has 8 nitrogen and oxygen atoms in total. The van der Waals surface area contributed by atoms with Crippen molar-refractivity contribution in [1.29, 1.82) is 0 Å². The number of hydrogen-bond acceptors (Lipinski definition) is 7. The Morgan fingerprint density at radius 3 is 2.07 bits per heavy atom. The van der Waals surface area contributed by atoms with Gasteiger partial charge in [0.15, 0.2) is 6.10 Å². The Morgan fingerprint density at radius 2 is 1.67 bits per heavy atom. The van der Waals surface area contributed by atoms with Gasteiger partial charge in [-0.15, -0.1) is 0 Å². The SMILES string of the molecule is CCOC(=O)C(C)OC(=O)CN.Cc1cc(C)c(N[C@@H](C)C(=O)O)c(C)c1. The lowest BCUT2D eigenvalue weighted by Crippen LogP contribution is -2.29. The van der Waals surface area contributed by atoms with E-state index in [0.717, 1.165) is 16.8 Å². The van der Waals surface area contributed by atoms with E-state index in [0.29, 0.717) is 0 Å². The second-order valence-electron chi connectivity index (χ2n) is 6.07. The Hall–Kier alpha value is -2.61. The number of anilines is 1. The predicted molar refractivity (Wildman–Crippen MR) is 103 cm³/mol. The molecule has 2 atom stereocenters. The minimum Gasteiger partial charge on any atom is -0.480 e. The molecular weight excluding hydrogens is 352 g/mol. The summed E-state index contributed by atoms with van der Waals surface area (Å²) >= 11 is 0. The molecule has 0 saturated heterocycles. The van der Waals surface area contributed by atoms with Gasteiger partial charge in [0, 0.05) is 5.69 Å². The van der Waals surface area contributed by atoms with Crippen LogP contribution in [0, 0.1) is 20.8 Å². The lowest BCUT2D eigenvalue weighted by atomic mass is 10.0. The summed E-state index contributed by atoms with van der Waals surface area (Å²) in [7, 11) is 0. The lowest BCUT2D eigenvalue weighted by molar-refractivity contribution is -0.165. The number of rotatable bonds is 7. The van der Waals surface area contributed by atoms with Crippen LogP contribution in [0.15, 0.2) is 12.1 Å². The minimum atomic E-state index is -0.874. The number of esters is 2. The van der Waals surface area contributed by atoms with Crippen LogP contribution < -0.4 is 11.1 Å². The molecule has 152 valence electrons. The molecular formula is C19H30N2O6. The van der Waals surface area contributed by atoms with Crippen LogP contribution in [0.4, 0.5) is 5.69 Å². The number of carboxylic acid groups (broad SMARTS) is 1. The Balaban J connectivity index is 0.000000516. The van der Waals surface area contributed by atoms with Crippen LogP contribution in [0.2, 0.25) is 0 Å². The number of ether oxygens (including phenoxy) is 2. The fourth-order valence-corrected chi connectivity index (χ4v) is 2.24. The summed E-state index contributed by atoms with van der Waals surface area (Å²) in [5.74, 6) is -2.01. The third-order valence-corrected chi connectivity index (χ3v) is 3.50. The van der Waals surface area contributed by atoms with Gasteiger partial charge in [-0.2, -0.15) is 0 Å². The summed E-state index contributed by atoms with van der Waals surface area (Å²) in [6.07, 6.45) is -0.874. The molecule has 0 aliphatic heterocycles. The molecule has 1 rings (SSSR count). The number of benzene rings is 1. The number of aryl methyl sites for hydroxylation is 3. The van der Waals surface area contributed by atoms with Crippen molar-refractivity contribution in [3.63, 3.8) is 0 Å². The van der Waals surface area contributed by atoms with Crippen LogP contribution in [0.3, 0.4) is 0 Å². The monoisotopic (exact) mass is 382 g/mol. The van der Waals surface area contributed by atoms with E-state index in [4.69, 9.17) is 10.8 Å². The second kappa shape index (κ2) is 11.9. The Kier molecular flexibility index (Phi) is 10.7. The van der Waals surface area contributed by atoms with Gasteiger partial charge in [0.25, 0.3) is 0 Å². The number of aliphatic carboxylic acids is 1. The van der Waals surface area contributed by atoms with Gasteiger partial charge in [-0.05, 0) is 52.7 Å². The number of carbonyl (C=O) groups is 3. The van der Waals surface area contributed by atoms with Gasteiger partial charge in [0.1, 0.15) is 6.04 Å². The van der Waals surface area contributed by atoms with E-state index >= 15 is 0 Å². The van der Waals surface area contributed by atoms with Gasteiger partial charge in [-0.1, -0.05) is 17.7 Å². The molecule has 0 bridgehead atoms. The highest BCUT2D eigenvalue weighted by molar-refractivity contribution is 5.79. The number of carbonyl (C=O) groups excluding carboxylic acids is 2. The first kappa shape index (κ1) is 24.4. The molecule has 4 N–H and O–H groups in total. The molecule has 0 saturated carbocycles. The lowest BCUT2D eigenvalue weighted by Gasteiger charge is -2.16. The molecule has 0 aliphatic carbocycles. The van der Waals surface area contributed by atoms with Crippen molar-refractivity contribution >= 4 is 23.6 Å². The molecule has 0 aliphatic rings. The average molecular weight is 382 g/mol. The third-order valence-electron chi connectivity index (χ3n) is 3.50. The van der Waals surface area contributed by atoms with E-state index in [2.05, 4.69) is 14.8 Å². The topological polar surface area (TPSA) is 128 Å². The van der Waals surface area contributed by atoms with Gasteiger partial charge in [-0.25, -0.2) is 4.79 Å². The van der Waals surface area contributed by atoms with Crippen molar-refractivity contribution in [2.75, 3.05) is 18.5 Å². The molecule has 0 aromatic heterocycles. The Morgan fingerprint density at radius 1 is 1.15 bits per heavy atom. The van der Waals surface area contributed by atoms with Crippen LogP contribution in [0.5, 0.6) is 0 Å². The predicted octanol–water partition coefficient (Wildman–Crippen LogP) is 1.94. The van der Waals surface area contributed by atoms with E-state index in [1.54, 1.807) is 13.8 Å². The molecule has 0 amide bonds. The first-order chi connectivity index (χ1) is 12.5. The Labute approximate surface area is 160 Å². The second-order valence-corrected chi connectivity index (χ2v) is 6.07. The number of hydrogen-bond donors (Lipinski definition) is 3. The van der Waals surface area contributed by atoms with Crippen LogP contribution in [0.25, 0.3) is 0 Å². The zero-order valence-electron chi connectivity index (χ0n) is 16.8. The fourth-order valence-electron chi connectivity index (χ4n) is 2.24. The summed E-state index contributed by atoms with van der Waals surface area (Å²) in [5, 5.41) is 11.8. The van der Waals surface area contributed by atoms with Crippen LogP contribution in [0.1, 0.15) is 37.5 Å². The van der Waals surface area contributed by atoms with Gasteiger partial charge < -0.3 is 25.6 Å². The number of carboxylic acids is 1. The highest BCUT2D eigenvalue weighted by atomic mass is 16.6. The van der Waals surface area contributed by atoms with Crippen LogP contribution in [-0.4, -0.2) is 48.3 Å². The van der Waals surface area contributed by atoms with Gasteiger partial charge in [-0.3, -0.25) is 9.59 Å². The van der Waals surface area contributed by atoms with E-state index in [1.165, 1.54) is 12.5 Å². The standard InChI is InChI=1S/C12H17NO2.C7H13NO4/c1-7-5-8(2)11(9(3)6-7)13-10(4)12(14)15;1-3-11-7(10)5(2)12-6(9)4-8/h5-6,10,13H,1-4H3,(H,14,15);5H,3-4,8H2,1-2H3/t10-;/m0./s1. The zero-order valence-corrected chi connectivity index (χ0v) is 16.8. The van der Waals surface area contributed by atoms with Crippen molar-refractivity contribution in [2.24, 2.45) is 5.73 Å². The zero-order chi connectivity index (χ0) is 21.1. The summed E-state index contributed by atoms with van der Waals surface area (Å²) < 4.78 is 9.17. The molecule has 1 unspecified atom stereocenters.